The van der Waals surface area contributed by atoms with Crippen LogP contribution in [0.15, 0.2) is 24.3 Å². The molecule has 1 aromatic rings. The molecule has 0 saturated heterocycles. The van der Waals surface area contributed by atoms with E-state index in [0.29, 0.717) is 0 Å². The number of nitro benzene ring substituents is 1. The van der Waals surface area contributed by atoms with Gasteiger partial charge in [-0.15, -0.1) is 0 Å². The second-order valence-corrected chi connectivity index (χ2v) is 2.05. The smallest absolute Gasteiger partial charge is 0.269 e. The van der Waals surface area contributed by atoms with Crippen molar-refractivity contribution in [2.45, 2.75) is 0 Å². The van der Waals surface area contributed by atoms with Crippen molar-refractivity contribution in [1.82, 2.24) is 0 Å². The van der Waals surface area contributed by atoms with E-state index in [1.54, 1.807) is 19.2 Å². The van der Waals surface area contributed by atoms with Gasteiger partial charge >= 0.3 is 0 Å². The van der Waals surface area contributed by atoms with E-state index in [-0.39, 0.29) is 22.8 Å². The number of non-ortho nitro benzene ring substituents is 1. The molecule has 0 unspecified atom stereocenters. The first kappa shape index (κ1) is 10.9. The molecule has 0 aromatic heterocycles. The topological polar surface area (TPSA) is 55.2 Å². The van der Waals surface area contributed by atoms with Crippen molar-refractivity contribution >= 4 is 11.4 Å². The molecule has 0 spiro atoms. The zero-order valence-electron chi connectivity index (χ0n) is 6.43. The van der Waals surface area contributed by atoms with Gasteiger partial charge in [0.15, 0.2) is 0 Å². The van der Waals surface area contributed by atoms with Crippen LogP contribution in [-0.2, 0) is 17.1 Å². The van der Waals surface area contributed by atoms with Crippen LogP contribution in [0, 0.1) is 10.1 Å². The minimum Gasteiger partial charge on any atom is -0.388 e. The number of benzene rings is 1. The van der Waals surface area contributed by atoms with Crippen LogP contribution in [0.5, 0.6) is 0 Å². The largest absolute Gasteiger partial charge is 0.388 e. The van der Waals surface area contributed by atoms with Crippen LogP contribution in [0.1, 0.15) is 0 Å². The summed E-state index contributed by atoms with van der Waals surface area (Å²) in [4.78, 5) is 9.77. The molecule has 5 heteroatoms. The molecule has 0 aliphatic rings. The number of nitrogens with one attached hydrogen (secondary N) is 1. The Morgan fingerprint density at radius 1 is 1.33 bits per heavy atom. The summed E-state index contributed by atoms with van der Waals surface area (Å²) in [6, 6.07) is 6.26. The molecule has 0 saturated carbocycles. The quantitative estimate of drug-likeness (QED) is 0.456. The van der Waals surface area contributed by atoms with Crippen molar-refractivity contribution in [3.8, 4) is 0 Å². The van der Waals surface area contributed by atoms with Gasteiger partial charge in [-0.2, -0.15) is 0 Å². The van der Waals surface area contributed by atoms with Crippen molar-refractivity contribution in [2.75, 3.05) is 12.4 Å². The summed E-state index contributed by atoms with van der Waals surface area (Å²) in [7, 11) is 1.77. The fraction of sp³-hybridized carbons (Fsp3) is 0.143. The van der Waals surface area contributed by atoms with Crippen molar-refractivity contribution in [3.05, 3.63) is 34.4 Å². The number of hydrogen-bond donors (Lipinski definition) is 1. The minimum atomic E-state index is -0.417. The fourth-order valence-electron chi connectivity index (χ4n) is 0.750. The summed E-state index contributed by atoms with van der Waals surface area (Å²) in [5.74, 6) is 0. The number of anilines is 1. The van der Waals surface area contributed by atoms with E-state index < -0.39 is 4.92 Å². The van der Waals surface area contributed by atoms with E-state index in [1.807, 2.05) is 0 Å². The van der Waals surface area contributed by atoms with Crippen LogP contribution < -0.4 is 5.32 Å². The van der Waals surface area contributed by atoms with E-state index in [9.17, 15) is 10.1 Å². The van der Waals surface area contributed by atoms with Gasteiger partial charge in [0.25, 0.3) is 5.69 Å². The third kappa shape index (κ3) is 2.52. The average Bonchev–Trinajstić information content (AvgIpc) is 2.05. The average molecular weight is 208 g/mol. The van der Waals surface area contributed by atoms with Gasteiger partial charge in [0.1, 0.15) is 0 Å². The third-order valence-electron chi connectivity index (χ3n) is 1.37. The second-order valence-electron chi connectivity index (χ2n) is 2.05. The van der Waals surface area contributed by atoms with Crippen LogP contribution in [0.2, 0.25) is 0 Å². The Kier molecular flexibility index (Phi) is 4.32. The van der Waals surface area contributed by atoms with Crippen LogP contribution in [-0.4, -0.2) is 12.0 Å². The first-order valence-electron chi connectivity index (χ1n) is 3.16. The SMILES string of the molecule is CNc1ccc([N+](=O)[O-])cc1.[Fe]. The van der Waals surface area contributed by atoms with E-state index in [0.717, 1.165) is 5.69 Å². The number of hydrogen-bond acceptors (Lipinski definition) is 3. The maximum atomic E-state index is 10.2. The summed E-state index contributed by atoms with van der Waals surface area (Å²) < 4.78 is 0. The molecular weight excluding hydrogens is 200 g/mol. The normalized spacial score (nSPS) is 8.42. The van der Waals surface area contributed by atoms with Gasteiger partial charge in [0.05, 0.1) is 4.92 Å². The zero-order chi connectivity index (χ0) is 8.27. The van der Waals surface area contributed by atoms with Gasteiger partial charge in [-0.25, -0.2) is 0 Å². The Bertz CT molecular complexity index is 261. The Morgan fingerprint density at radius 2 is 1.83 bits per heavy atom. The first-order chi connectivity index (χ1) is 5.24. The van der Waals surface area contributed by atoms with Crippen molar-refractivity contribution in [2.24, 2.45) is 0 Å². The second kappa shape index (κ2) is 4.74. The van der Waals surface area contributed by atoms with Crippen molar-refractivity contribution < 1.29 is 22.0 Å². The van der Waals surface area contributed by atoms with E-state index >= 15 is 0 Å². The van der Waals surface area contributed by atoms with Crippen LogP contribution in [0.4, 0.5) is 11.4 Å². The molecule has 66 valence electrons. The fourth-order valence-corrected chi connectivity index (χ4v) is 0.750. The Labute approximate surface area is 80.6 Å². The van der Waals surface area contributed by atoms with Crippen LogP contribution in [0.25, 0.3) is 0 Å². The molecule has 0 amide bonds. The van der Waals surface area contributed by atoms with E-state index in [4.69, 9.17) is 0 Å². The summed E-state index contributed by atoms with van der Waals surface area (Å²) >= 11 is 0. The summed E-state index contributed by atoms with van der Waals surface area (Å²) in [5.41, 5.74) is 0.986. The minimum absolute atomic E-state index is 0. The predicted octanol–water partition coefficient (Wildman–Crippen LogP) is 1.63. The molecule has 0 radical (unpaired) electrons. The van der Waals surface area contributed by atoms with Gasteiger partial charge in [-0.1, -0.05) is 0 Å². The van der Waals surface area contributed by atoms with Gasteiger partial charge in [0.2, 0.25) is 0 Å². The number of rotatable bonds is 2. The number of nitro groups is 1. The molecule has 1 aromatic carbocycles. The molecule has 0 atom stereocenters. The monoisotopic (exact) mass is 208 g/mol. The molecule has 0 aliphatic heterocycles. The molecule has 0 aliphatic carbocycles. The molecule has 4 nitrogen and oxygen atoms in total. The number of nitrogens with zero attached hydrogens (tertiary/aromatic N) is 1. The van der Waals surface area contributed by atoms with Crippen LogP contribution in [0.3, 0.4) is 0 Å². The molecular formula is C7H8FeN2O2. The third-order valence-corrected chi connectivity index (χ3v) is 1.37. The Morgan fingerprint density at radius 3 is 2.17 bits per heavy atom. The maximum absolute atomic E-state index is 10.2. The Hall–Kier alpha value is -1.06. The Balaban J connectivity index is 0.00000121. The van der Waals surface area contributed by atoms with E-state index in [1.165, 1.54) is 12.1 Å². The van der Waals surface area contributed by atoms with Gasteiger partial charge < -0.3 is 5.32 Å². The van der Waals surface area contributed by atoms with Gasteiger partial charge in [0, 0.05) is 41.9 Å². The predicted molar refractivity (Wildman–Crippen MR) is 42.6 cm³/mol. The maximum Gasteiger partial charge on any atom is 0.269 e. The molecule has 0 bridgehead atoms. The van der Waals surface area contributed by atoms with Crippen LogP contribution >= 0.6 is 0 Å². The summed E-state index contributed by atoms with van der Waals surface area (Å²) in [5, 5.41) is 13.1. The van der Waals surface area contributed by atoms with Gasteiger partial charge in [-0.3, -0.25) is 10.1 Å². The zero-order valence-corrected chi connectivity index (χ0v) is 7.53. The molecule has 12 heavy (non-hydrogen) atoms. The summed E-state index contributed by atoms with van der Waals surface area (Å²) in [6.45, 7) is 0. The molecule has 1 rings (SSSR count). The first-order valence-corrected chi connectivity index (χ1v) is 3.16. The molecule has 1 N–H and O–H groups in total. The summed E-state index contributed by atoms with van der Waals surface area (Å²) in [6.07, 6.45) is 0. The van der Waals surface area contributed by atoms with Crippen molar-refractivity contribution in [3.63, 3.8) is 0 Å². The van der Waals surface area contributed by atoms with Gasteiger partial charge in [-0.05, 0) is 12.1 Å². The molecule has 0 heterocycles. The van der Waals surface area contributed by atoms with E-state index in [2.05, 4.69) is 5.32 Å². The van der Waals surface area contributed by atoms with Crippen molar-refractivity contribution in [1.29, 1.82) is 0 Å². The molecule has 0 fully saturated rings. The standard InChI is InChI=1S/C7H8N2O2.Fe/c1-8-6-2-4-7(5-3-6)9(10)11;/h2-5,8H,1H3;.